The molecule has 1 rings (SSSR count). The molecule has 0 N–H and O–H groups in total. The number of likely N-dealkylation sites (N-methyl/N-ethyl adjacent to an activating group) is 1. The van der Waals surface area contributed by atoms with Crippen LogP contribution in [0.3, 0.4) is 0 Å². The third-order valence-corrected chi connectivity index (χ3v) is 2.77. The number of pyridine rings is 1. The van der Waals surface area contributed by atoms with E-state index >= 15 is 0 Å². The number of hydrogen-bond acceptors (Lipinski definition) is 5. The maximum absolute atomic E-state index is 11.1. The van der Waals surface area contributed by atoms with Crippen molar-refractivity contribution in [2.75, 3.05) is 27.7 Å². The van der Waals surface area contributed by atoms with Gasteiger partial charge >= 0.3 is 5.69 Å². The van der Waals surface area contributed by atoms with E-state index < -0.39 is 4.92 Å². The Bertz CT molecular complexity index is 475. The van der Waals surface area contributed by atoms with E-state index in [2.05, 4.69) is 20.9 Å². The maximum atomic E-state index is 11.1. The zero-order chi connectivity index (χ0) is 13.7. The van der Waals surface area contributed by atoms with Gasteiger partial charge in [-0.2, -0.15) is 0 Å². The molecule has 1 aromatic heterocycles. The lowest BCUT2D eigenvalue weighted by molar-refractivity contribution is -0.386. The summed E-state index contributed by atoms with van der Waals surface area (Å²) in [5.74, 6) is 0.00713. The molecule has 1 aromatic rings. The fraction of sp³-hybridized carbons (Fsp3) is 0.364. The highest BCUT2D eigenvalue weighted by molar-refractivity contribution is 9.10. The summed E-state index contributed by atoms with van der Waals surface area (Å²) >= 11 is 3.26. The monoisotopic (exact) mass is 315 g/mol. The van der Waals surface area contributed by atoms with Gasteiger partial charge in [-0.15, -0.1) is 0 Å². The van der Waals surface area contributed by atoms with Crippen LogP contribution in [0.2, 0.25) is 0 Å². The first-order chi connectivity index (χ1) is 8.47. The van der Waals surface area contributed by atoms with E-state index in [4.69, 9.17) is 4.74 Å². The summed E-state index contributed by atoms with van der Waals surface area (Å²) in [4.78, 5) is 16.4. The molecule has 0 aromatic carbocycles. The summed E-state index contributed by atoms with van der Waals surface area (Å²) in [5.41, 5.74) is 0.315. The van der Waals surface area contributed by atoms with Crippen LogP contribution in [0.5, 0.6) is 5.88 Å². The van der Waals surface area contributed by atoms with Crippen molar-refractivity contribution < 1.29 is 9.66 Å². The molecular formula is C11H14BrN3O3. The van der Waals surface area contributed by atoms with Crippen LogP contribution < -0.4 is 4.74 Å². The van der Waals surface area contributed by atoms with Crippen molar-refractivity contribution in [1.29, 1.82) is 0 Å². The van der Waals surface area contributed by atoms with E-state index in [1.807, 2.05) is 25.1 Å². The molecule has 6 nitrogen and oxygen atoms in total. The quantitative estimate of drug-likeness (QED) is 0.616. The molecule has 0 bridgehead atoms. The van der Waals surface area contributed by atoms with Crippen LogP contribution >= 0.6 is 15.9 Å². The highest BCUT2D eigenvalue weighted by Gasteiger charge is 2.23. The van der Waals surface area contributed by atoms with Gasteiger partial charge in [-0.05, 0) is 36.1 Å². The zero-order valence-electron chi connectivity index (χ0n) is 10.4. The molecule has 7 heteroatoms. The van der Waals surface area contributed by atoms with Crippen molar-refractivity contribution in [3.8, 4) is 5.88 Å². The van der Waals surface area contributed by atoms with Crippen molar-refractivity contribution in [1.82, 2.24) is 9.88 Å². The number of aromatic nitrogens is 1. The molecule has 98 valence electrons. The summed E-state index contributed by atoms with van der Waals surface area (Å²) in [6, 6.07) is 0. The van der Waals surface area contributed by atoms with Gasteiger partial charge in [-0.1, -0.05) is 6.08 Å². The lowest BCUT2D eigenvalue weighted by atomic mass is 10.2. The molecule has 0 radical (unpaired) electrons. The number of methoxy groups -OCH3 is 1. The van der Waals surface area contributed by atoms with Gasteiger partial charge in [0.05, 0.1) is 22.1 Å². The molecule has 1 heterocycles. The lowest BCUT2D eigenvalue weighted by Gasteiger charge is -2.06. The Hall–Kier alpha value is -1.47. The number of nitro groups is 1. The van der Waals surface area contributed by atoms with Crippen LogP contribution in [0.1, 0.15) is 5.56 Å². The SMILES string of the molecule is COc1ncc(Br)c(/C=C/CN(C)C)c1[N+](=O)[O-]. The average molecular weight is 316 g/mol. The van der Waals surface area contributed by atoms with Gasteiger partial charge in [-0.3, -0.25) is 10.1 Å². The fourth-order valence-corrected chi connectivity index (χ4v) is 1.76. The van der Waals surface area contributed by atoms with E-state index in [1.165, 1.54) is 13.3 Å². The van der Waals surface area contributed by atoms with Gasteiger partial charge in [0.2, 0.25) is 0 Å². The van der Waals surface area contributed by atoms with Crippen molar-refractivity contribution in [3.05, 3.63) is 32.4 Å². The van der Waals surface area contributed by atoms with E-state index in [-0.39, 0.29) is 11.6 Å². The lowest BCUT2D eigenvalue weighted by Crippen LogP contribution is -2.10. The highest BCUT2D eigenvalue weighted by Crippen LogP contribution is 2.34. The second kappa shape index (κ2) is 6.46. The Morgan fingerprint density at radius 3 is 2.78 bits per heavy atom. The average Bonchev–Trinajstić information content (AvgIpc) is 2.30. The predicted octanol–water partition coefficient (Wildman–Crippen LogP) is 2.34. The smallest absolute Gasteiger partial charge is 0.339 e. The number of ether oxygens (including phenoxy) is 1. The van der Waals surface area contributed by atoms with Gasteiger partial charge in [0.1, 0.15) is 0 Å². The standard InChI is InChI=1S/C11H14BrN3O3/c1-14(2)6-4-5-8-9(12)7-13-11(18-3)10(8)15(16)17/h4-5,7H,6H2,1-3H3/b5-4+. The van der Waals surface area contributed by atoms with Gasteiger partial charge in [-0.25, -0.2) is 4.98 Å². The van der Waals surface area contributed by atoms with Gasteiger partial charge in [0.15, 0.2) is 0 Å². The summed E-state index contributed by atoms with van der Waals surface area (Å²) in [7, 11) is 5.19. The number of rotatable bonds is 5. The van der Waals surface area contributed by atoms with Crippen LogP contribution in [-0.4, -0.2) is 42.6 Å². The van der Waals surface area contributed by atoms with Crippen LogP contribution in [0.15, 0.2) is 16.7 Å². The molecule has 0 atom stereocenters. The summed E-state index contributed by atoms with van der Waals surface area (Å²) in [6.07, 6.45) is 5.01. The van der Waals surface area contributed by atoms with Gasteiger partial charge < -0.3 is 9.64 Å². The largest absolute Gasteiger partial charge is 0.476 e. The molecule has 0 aliphatic heterocycles. The van der Waals surface area contributed by atoms with Crippen LogP contribution in [0.4, 0.5) is 5.69 Å². The first kappa shape index (κ1) is 14.6. The minimum Gasteiger partial charge on any atom is -0.476 e. The molecule has 0 aliphatic carbocycles. The maximum Gasteiger partial charge on any atom is 0.339 e. The Morgan fingerprint density at radius 1 is 1.61 bits per heavy atom. The third kappa shape index (κ3) is 3.51. The Kier molecular flexibility index (Phi) is 5.24. The zero-order valence-corrected chi connectivity index (χ0v) is 12.0. The van der Waals surface area contributed by atoms with Crippen molar-refractivity contribution in [3.63, 3.8) is 0 Å². The molecular weight excluding hydrogens is 302 g/mol. The first-order valence-corrected chi connectivity index (χ1v) is 5.94. The van der Waals surface area contributed by atoms with Crippen molar-refractivity contribution in [2.24, 2.45) is 0 Å². The van der Waals surface area contributed by atoms with Crippen LogP contribution in [0, 0.1) is 10.1 Å². The normalized spacial score (nSPS) is 11.2. The molecule has 0 saturated heterocycles. The minimum atomic E-state index is -0.494. The third-order valence-electron chi connectivity index (χ3n) is 2.14. The second-order valence-corrected chi connectivity index (χ2v) is 4.65. The molecule has 0 spiro atoms. The van der Waals surface area contributed by atoms with E-state index in [0.29, 0.717) is 16.6 Å². The molecule has 0 aliphatic rings. The van der Waals surface area contributed by atoms with Crippen LogP contribution in [0.25, 0.3) is 6.08 Å². The minimum absolute atomic E-state index is 0.00713. The fourth-order valence-electron chi connectivity index (χ4n) is 1.34. The molecule has 0 amide bonds. The highest BCUT2D eigenvalue weighted by atomic mass is 79.9. The van der Waals surface area contributed by atoms with Crippen molar-refractivity contribution >= 4 is 27.7 Å². The molecule has 0 saturated carbocycles. The van der Waals surface area contributed by atoms with Crippen molar-refractivity contribution in [2.45, 2.75) is 0 Å². The molecule has 18 heavy (non-hydrogen) atoms. The topological polar surface area (TPSA) is 68.5 Å². The Balaban J connectivity index is 3.23. The number of halogens is 1. The van der Waals surface area contributed by atoms with E-state index in [9.17, 15) is 10.1 Å². The molecule has 0 fully saturated rings. The van der Waals surface area contributed by atoms with E-state index in [1.54, 1.807) is 6.08 Å². The Labute approximate surface area is 114 Å². The summed E-state index contributed by atoms with van der Waals surface area (Å²) in [5, 5.41) is 11.1. The first-order valence-electron chi connectivity index (χ1n) is 5.15. The van der Waals surface area contributed by atoms with Gasteiger partial charge in [0.25, 0.3) is 5.88 Å². The number of hydrogen-bond donors (Lipinski definition) is 0. The summed E-state index contributed by atoms with van der Waals surface area (Å²) < 4.78 is 5.47. The Morgan fingerprint density at radius 2 is 2.28 bits per heavy atom. The number of nitrogens with zero attached hydrogens (tertiary/aromatic N) is 3. The van der Waals surface area contributed by atoms with E-state index in [0.717, 1.165) is 0 Å². The molecule has 0 unspecified atom stereocenters. The predicted molar refractivity (Wildman–Crippen MR) is 72.7 cm³/mol. The second-order valence-electron chi connectivity index (χ2n) is 3.80. The summed E-state index contributed by atoms with van der Waals surface area (Å²) in [6.45, 7) is 0.689. The van der Waals surface area contributed by atoms with Crippen LogP contribution in [-0.2, 0) is 0 Å². The van der Waals surface area contributed by atoms with Gasteiger partial charge in [0, 0.05) is 12.7 Å².